The SMILES string of the molecule is Cc1ccc2c(N)c(C(=O)NC3(CO)CC3)sc2n1. The zero-order valence-electron chi connectivity index (χ0n) is 10.6. The Balaban J connectivity index is 1.96. The number of nitrogens with one attached hydrogen (secondary N) is 1. The van der Waals surface area contributed by atoms with Gasteiger partial charge in [-0.05, 0) is 31.9 Å². The second-order valence-corrected chi connectivity index (χ2v) is 6.04. The van der Waals surface area contributed by atoms with Gasteiger partial charge >= 0.3 is 0 Å². The Hall–Kier alpha value is -1.66. The molecule has 19 heavy (non-hydrogen) atoms. The minimum absolute atomic E-state index is 0.0269. The molecule has 2 aromatic heterocycles. The highest BCUT2D eigenvalue weighted by atomic mass is 32.1. The number of fused-ring (bicyclic) bond motifs is 1. The van der Waals surface area contributed by atoms with Gasteiger partial charge in [-0.25, -0.2) is 4.98 Å². The number of nitrogens with two attached hydrogens (primary N) is 1. The molecule has 1 aliphatic carbocycles. The first-order valence-corrected chi connectivity index (χ1v) is 6.95. The van der Waals surface area contributed by atoms with Gasteiger partial charge in [0.25, 0.3) is 5.91 Å². The number of nitrogens with zero attached hydrogens (tertiary/aromatic N) is 1. The van der Waals surface area contributed by atoms with Crippen LogP contribution in [0.25, 0.3) is 10.2 Å². The summed E-state index contributed by atoms with van der Waals surface area (Å²) in [6.45, 7) is 1.88. The molecule has 0 aromatic carbocycles. The molecule has 2 aromatic rings. The topological polar surface area (TPSA) is 88.2 Å². The molecule has 3 rings (SSSR count). The summed E-state index contributed by atoms with van der Waals surface area (Å²) in [7, 11) is 0. The molecule has 0 bridgehead atoms. The third-order valence-corrected chi connectivity index (χ3v) is 4.59. The molecule has 0 spiro atoms. The van der Waals surface area contributed by atoms with E-state index in [0.29, 0.717) is 10.6 Å². The van der Waals surface area contributed by atoms with Gasteiger partial charge in [-0.1, -0.05) is 0 Å². The van der Waals surface area contributed by atoms with Crippen LogP contribution in [0.4, 0.5) is 5.69 Å². The van der Waals surface area contributed by atoms with Crippen LogP contribution in [0.2, 0.25) is 0 Å². The van der Waals surface area contributed by atoms with Crippen LogP contribution >= 0.6 is 11.3 Å². The van der Waals surface area contributed by atoms with Crippen molar-refractivity contribution in [2.75, 3.05) is 12.3 Å². The van der Waals surface area contributed by atoms with Crippen LogP contribution in [0.5, 0.6) is 0 Å². The van der Waals surface area contributed by atoms with Crippen LogP contribution in [0, 0.1) is 6.92 Å². The summed E-state index contributed by atoms with van der Waals surface area (Å²) in [5, 5.41) is 12.9. The first-order chi connectivity index (χ1) is 9.04. The van der Waals surface area contributed by atoms with E-state index >= 15 is 0 Å². The summed E-state index contributed by atoms with van der Waals surface area (Å²) in [6, 6.07) is 3.77. The third-order valence-electron chi connectivity index (χ3n) is 3.47. The number of carbonyl (C=O) groups is 1. The van der Waals surface area contributed by atoms with Gasteiger partial charge in [-0.2, -0.15) is 0 Å². The number of nitrogen functional groups attached to an aromatic ring is 1. The molecule has 6 heteroatoms. The van der Waals surface area contributed by atoms with Crippen molar-refractivity contribution < 1.29 is 9.90 Å². The van der Waals surface area contributed by atoms with Crippen LogP contribution in [0.1, 0.15) is 28.2 Å². The van der Waals surface area contributed by atoms with Crippen LogP contribution in [0.15, 0.2) is 12.1 Å². The monoisotopic (exact) mass is 277 g/mol. The van der Waals surface area contributed by atoms with E-state index in [9.17, 15) is 9.90 Å². The normalized spacial score (nSPS) is 16.5. The predicted molar refractivity (Wildman–Crippen MR) is 75.3 cm³/mol. The minimum Gasteiger partial charge on any atom is -0.397 e. The van der Waals surface area contributed by atoms with Gasteiger partial charge in [0.15, 0.2) is 0 Å². The Kier molecular flexibility index (Phi) is 2.72. The number of anilines is 1. The standard InChI is InChI=1S/C13H15N3O2S/c1-7-2-3-8-9(14)10(19-12(8)15-7)11(18)16-13(6-17)4-5-13/h2-3,17H,4-6,14H2,1H3,(H,16,18). The minimum atomic E-state index is -0.428. The Morgan fingerprint density at radius 3 is 2.95 bits per heavy atom. The van der Waals surface area contributed by atoms with Gasteiger partial charge in [-0.3, -0.25) is 4.79 Å². The van der Waals surface area contributed by atoms with Crippen molar-refractivity contribution in [3.8, 4) is 0 Å². The number of carbonyl (C=O) groups excluding carboxylic acids is 1. The fourth-order valence-corrected chi connectivity index (χ4v) is 3.06. The molecule has 2 heterocycles. The molecule has 0 aliphatic heterocycles. The second-order valence-electron chi connectivity index (χ2n) is 5.04. The number of hydrogen-bond donors (Lipinski definition) is 3. The number of amides is 1. The highest BCUT2D eigenvalue weighted by molar-refractivity contribution is 7.21. The van der Waals surface area contributed by atoms with E-state index in [2.05, 4.69) is 10.3 Å². The van der Waals surface area contributed by atoms with Crippen molar-refractivity contribution in [2.24, 2.45) is 0 Å². The number of hydrogen-bond acceptors (Lipinski definition) is 5. The maximum atomic E-state index is 12.2. The quantitative estimate of drug-likeness (QED) is 0.792. The first-order valence-electron chi connectivity index (χ1n) is 6.14. The molecule has 0 saturated heterocycles. The van der Waals surface area contributed by atoms with Crippen molar-refractivity contribution in [3.05, 3.63) is 22.7 Å². The van der Waals surface area contributed by atoms with Crippen LogP contribution in [0.3, 0.4) is 0 Å². The zero-order chi connectivity index (χ0) is 13.6. The molecule has 1 amide bonds. The van der Waals surface area contributed by atoms with Gasteiger partial charge in [-0.15, -0.1) is 11.3 Å². The van der Waals surface area contributed by atoms with Gasteiger partial charge in [0.05, 0.1) is 17.8 Å². The lowest BCUT2D eigenvalue weighted by atomic mass is 10.2. The highest BCUT2D eigenvalue weighted by Crippen LogP contribution is 2.37. The van der Waals surface area contributed by atoms with E-state index in [1.807, 2.05) is 19.1 Å². The van der Waals surface area contributed by atoms with Crippen molar-refractivity contribution >= 4 is 33.1 Å². The lowest BCUT2D eigenvalue weighted by Crippen LogP contribution is -2.39. The van der Waals surface area contributed by atoms with Crippen molar-refractivity contribution in [1.29, 1.82) is 0 Å². The number of aliphatic hydroxyl groups is 1. The van der Waals surface area contributed by atoms with Gasteiger partial charge < -0.3 is 16.2 Å². The molecule has 1 aliphatic rings. The van der Waals surface area contributed by atoms with Gasteiger partial charge in [0, 0.05) is 11.1 Å². The molecule has 0 radical (unpaired) electrons. The molecule has 0 unspecified atom stereocenters. The van der Waals surface area contributed by atoms with E-state index in [1.54, 1.807) is 0 Å². The van der Waals surface area contributed by atoms with E-state index in [-0.39, 0.29) is 12.5 Å². The smallest absolute Gasteiger partial charge is 0.264 e. The lowest BCUT2D eigenvalue weighted by molar-refractivity contribution is 0.0912. The number of pyridine rings is 1. The average Bonchev–Trinajstić information content (AvgIpc) is 3.08. The summed E-state index contributed by atoms with van der Waals surface area (Å²) in [5.41, 5.74) is 6.96. The molecular weight excluding hydrogens is 262 g/mol. The highest BCUT2D eigenvalue weighted by Gasteiger charge is 2.44. The zero-order valence-corrected chi connectivity index (χ0v) is 11.4. The molecule has 1 fully saturated rings. The van der Waals surface area contributed by atoms with Crippen molar-refractivity contribution in [3.63, 3.8) is 0 Å². The molecule has 0 atom stereocenters. The maximum absolute atomic E-state index is 12.2. The summed E-state index contributed by atoms with van der Waals surface area (Å²) in [6.07, 6.45) is 1.63. The lowest BCUT2D eigenvalue weighted by Gasteiger charge is -2.13. The summed E-state index contributed by atoms with van der Waals surface area (Å²) in [4.78, 5) is 17.8. The average molecular weight is 277 g/mol. The van der Waals surface area contributed by atoms with Gasteiger partial charge in [0.1, 0.15) is 9.71 Å². The van der Waals surface area contributed by atoms with Crippen LogP contribution in [-0.4, -0.2) is 28.1 Å². The Morgan fingerprint density at radius 1 is 1.58 bits per heavy atom. The molecule has 5 nitrogen and oxygen atoms in total. The number of aliphatic hydroxyl groups excluding tert-OH is 1. The fourth-order valence-electron chi connectivity index (χ4n) is 2.03. The Labute approximate surface area is 114 Å². The van der Waals surface area contributed by atoms with Crippen molar-refractivity contribution in [2.45, 2.75) is 25.3 Å². The Bertz CT molecular complexity index is 661. The van der Waals surface area contributed by atoms with Crippen LogP contribution < -0.4 is 11.1 Å². The number of rotatable bonds is 3. The van der Waals surface area contributed by atoms with E-state index in [1.165, 1.54) is 11.3 Å². The molecule has 100 valence electrons. The third kappa shape index (κ3) is 2.06. The van der Waals surface area contributed by atoms with E-state index in [4.69, 9.17) is 5.73 Å². The van der Waals surface area contributed by atoms with Crippen LogP contribution in [-0.2, 0) is 0 Å². The molecular formula is C13H15N3O2S. The largest absolute Gasteiger partial charge is 0.397 e. The predicted octanol–water partition coefficient (Wildman–Crippen LogP) is 1.44. The number of thiophene rings is 1. The second kappa shape index (κ2) is 4.18. The number of aromatic nitrogens is 1. The van der Waals surface area contributed by atoms with E-state index < -0.39 is 5.54 Å². The van der Waals surface area contributed by atoms with Crippen molar-refractivity contribution in [1.82, 2.24) is 10.3 Å². The Morgan fingerprint density at radius 2 is 2.32 bits per heavy atom. The summed E-state index contributed by atoms with van der Waals surface area (Å²) < 4.78 is 0. The first kappa shape index (κ1) is 12.4. The molecule has 4 N–H and O–H groups in total. The van der Waals surface area contributed by atoms with E-state index in [0.717, 1.165) is 28.8 Å². The number of aryl methyl sites for hydroxylation is 1. The molecule has 1 saturated carbocycles. The summed E-state index contributed by atoms with van der Waals surface area (Å²) >= 11 is 1.30. The van der Waals surface area contributed by atoms with Gasteiger partial charge in [0.2, 0.25) is 0 Å². The summed E-state index contributed by atoms with van der Waals surface area (Å²) in [5.74, 6) is -0.218. The maximum Gasteiger partial charge on any atom is 0.264 e. The fraction of sp³-hybridized carbons (Fsp3) is 0.385.